The molecule has 1 unspecified atom stereocenters. The van der Waals surface area contributed by atoms with Gasteiger partial charge in [0, 0.05) is 25.0 Å². The first-order valence-electron chi connectivity index (χ1n) is 8.85. The monoisotopic (exact) mass is 401 g/mol. The first-order valence-corrected chi connectivity index (χ1v) is 8.85. The molecule has 0 radical (unpaired) electrons. The summed E-state index contributed by atoms with van der Waals surface area (Å²) in [6, 6.07) is 1.69. The topological polar surface area (TPSA) is 85.7 Å². The molecular weight excluding hydrogens is 379 g/mol. The number of hydrogen-bond acceptors (Lipinski definition) is 6. The highest BCUT2D eigenvalue weighted by Gasteiger charge is 2.39. The number of Topliss-reactive ketones (excluding diaryl/α,β-unsaturated/α-hetero) is 2. The second-order valence-corrected chi connectivity index (χ2v) is 6.43. The van der Waals surface area contributed by atoms with E-state index in [0.29, 0.717) is 18.9 Å². The minimum Gasteiger partial charge on any atom is -0.506 e. The van der Waals surface area contributed by atoms with Crippen LogP contribution in [0.1, 0.15) is 43.1 Å². The minimum absolute atomic E-state index is 0.0141. The number of pyridine rings is 1. The van der Waals surface area contributed by atoms with E-state index in [1.165, 1.54) is 7.11 Å². The first-order chi connectivity index (χ1) is 13.2. The predicted molar refractivity (Wildman–Crippen MR) is 93.3 cm³/mol. The van der Waals surface area contributed by atoms with Gasteiger partial charge < -0.3 is 14.6 Å². The highest BCUT2D eigenvalue weighted by Crippen LogP contribution is 2.34. The third-order valence-corrected chi connectivity index (χ3v) is 4.39. The quantitative estimate of drug-likeness (QED) is 0.311. The summed E-state index contributed by atoms with van der Waals surface area (Å²) in [4.78, 5) is 28.2. The Labute approximate surface area is 160 Å². The Morgan fingerprint density at radius 2 is 2.00 bits per heavy atom. The number of allylic oxidation sites excluding steroid dienone is 1. The second-order valence-electron chi connectivity index (χ2n) is 6.43. The molecule has 1 aromatic rings. The van der Waals surface area contributed by atoms with Crippen LogP contribution in [0.5, 0.6) is 0 Å². The molecule has 0 aromatic carbocycles. The number of carbonyl (C=O) groups excluding carboxylic acids is 2. The van der Waals surface area contributed by atoms with Crippen LogP contribution in [0.15, 0.2) is 17.7 Å². The van der Waals surface area contributed by atoms with Crippen LogP contribution in [-0.2, 0) is 31.8 Å². The Hall–Kier alpha value is -2.26. The van der Waals surface area contributed by atoms with Crippen molar-refractivity contribution in [3.8, 4) is 0 Å². The summed E-state index contributed by atoms with van der Waals surface area (Å²) in [7, 11) is 1.44. The zero-order valence-electron chi connectivity index (χ0n) is 15.6. The molecule has 1 N–H and O–H groups in total. The number of methoxy groups -OCH3 is 1. The minimum atomic E-state index is -4.69. The average molecular weight is 401 g/mol. The van der Waals surface area contributed by atoms with E-state index >= 15 is 0 Å². The van der Waals surface area contributed by atoms with Gasteiger partial charge in [-0.05, 0) is 18.6 Å². The normalized spacial score (nSPS) is 19.4. The van der Waals surface area contributed by atoms with Gasteiger partial charge in [-0.1, -0.05) is 13.3 Å². The molecule has 28 heavy (non-hydrogen) atoms. The van der Waals surface area contributed by atoms with Gasteiger partial charge in [0.2, 0.25) is 0 Å². The molecular formula is C19H22F3NO5. The zero-order chi connectivity index (χ0) is 20.9. The van der Waals surface area contributed by atoms with E-state index in [1.807, 2.05) is 6.92 Å². The molecule has 1 aliphatic rings. The molecule has 6 nitrogen and oxygen atoms in total. The lowest BCUT2D eigenvalue weighted by Crippen LogP contribution is -2.14. The van der Waals surface area contributed by atoms with E-state index in [9.17, 15) is 27.9 Å². The molecule has 1 aliphatic carbocycles. The van der Waals surface area contributed by atoms with Crippen molar-refractivity contribution >= 4 is 17.3 Å². The van der Waals surface area contributed by atoms with Crippen molar-refractivity contribution < 1.29 is 37.3 Å². The summed E-state index contributed by atoms with van der Waals surface area (Å²) in [6.07, 6.45) is -3.51. The zero-order valence-corrected chi connectivity index (χ0v) is 15.6. The van der Waals surface area contributed by atoms with Gasteiger partial charge in [-0.3, -0.25) is 9.59 Å². The summed E-state index contributed by atoms with van der Waals surface area (Å²) in [5.74, 6) is -2.18. The van der Waals surface area contributed by atoms with Crippen molar-refractivity contribution in [2.45, 2.75) is 39.0 Å². The van der Waals surface area contributed by atoms with Crippen LogP contribution in [-0.4, -0.2) is 42.0 Å². The van der Waals surface area contributed by atoms with E-state index in [0.717, 1.165) is 6.07 Å². The molecule has 1 atom stereocenters. The van der Waals surface area contributed by atoms with Crippen molar-refractivity contribution in [2.24, 2.45) is 5.92 Å². The number of hydrogen-bond donors (Lipinski definition) is 1. The standard InChI is InChI=1S/C19H22F3NO5/c1-3-4-11-9-14(24)16(17(11)25)18(26)12-5-6-15(19(20,21)22)23-13(12)10-28-8-7-27-2/h5-6,11,26H,3-4,7-10H2,1-2H3. The fraction of sp³-hybridized carbons (Fsp3) is 0.526. The van der Waals surface area contributed by atoms with Crippen LogP contribution < -0.4 is 0 Å². The molecule has 1 saturated carbocycles. The Morgan fingerprint density at radius 3 is 2.61 bits per heavy atom. The number of aliphatic hydroxyl groups is 1. The molecule has 0 bridgehead atoms. The maximum absolute atomic E-state index is 13.0. The Balaban J connectivity index is 2.44. The number of ketones is 2. The van der Waals surface area contributed by atoms with E-state index < -0.39 is 35.1 Å². The molecule has 1 aromatic heterocycles. The molecule has 9 heteroatoms. The van der Waals surface area contributed by atoms with Gasteiger partial charge in [-0.15, -0.1) is 0 Å². The molecule has 0 spiro atoms. The number of nitrogens with zero attached hydrogens (tertiary/aromatic N) is 1. The maximum atomic E-state index is 13.0. The maximum Gasteiger partial charge on any atom is 0.433 e. The van der Waals surface area contributed by atoms with Crippen molar-refractivity contribution in [3.63, 3.8) is 0 Å². The first kappa shape index (κ1) is 22.0. The van der Waals surface area contributed by atoms with E-state index in [4.69, 9.17) is 9.47 Å². The van der Waals surface area contributed by atoms with Gasteiger partial charge >= 0.3 is 6.18 Å². The van der Waals surface area contributed by atoms with Crippen LogP contribution in [0, 0.1) is 5.92 Å². The largest absolute Gasteiger partial charge is 0.506 e. The van der Waals surface area contributed by atoms with Gasteiger partial charge in [0.15, 0.2) is 11.6 Å². The Morgan fingerprint density at radius 1 is 1.29 bits per heavy atom. The molecule has 0 aliphatic heterocycles. The number of ether oxygens (including phenoxy) is 2. The number of carbonyl (C=O) groups is 2. The lowest BCUT2D eigenvalue weighted by molar-refractivity contribution is -0.141. The van der Waals surface area contributed by atoms with Crippen LogP contribution >= 0.6 is 0 Å². The molecule has 0 saturated heterocycles. The van der Waals surface area contributed by atoms with Gasteiger partial charge in [0.25, 0.3) is 0 Å². The van der Waals surface area contributed by atoms with Crippen LogP contribution in [0.2, 0.25) is 0 Å². The van der Waals surface area contributed by atoms with Gasteiger partial charge in [0.1, 0.15) is 17.0 Å². The van der Waals surface area contributed by atoms with Crippen molar-refractivity contribution in [3.05, 3.63) is 34.7 Å². The smallest absolute Gasteiger partial charge is 0.433 e. The highest BCUT2D eigenvalue weighted by atomic mass is 19.4. The third kappa shape index (κ3) is 4.96. The Bertz CT molecular complexity index is 773. The van der Waals surface area contributed by atoms with Crippen LogP contribution in [0.4, 0.5) is 13.2 Å². The Kier molecular flexibility index (Phi) is 7.31. The molecule has 2 rings (SSSR count). The fourth-order valence-electron chi connectivity index (χ4n) is 3.02. The SMILES string of the molecule is CCCC1CC(=O)C(=C(O)c2ccc(C(F)(F)F)nc2COCCOC)C1=O. The lowest BCUT2D eigenvalue weighted by atomic mass is 9.99. The van der Waals surface area contributed by atoms with Crippen molar-refractivity contribution in [1.82, 2.24) is 4.98 Å². The molecule has 0 amide bonds. The van der Waals surface area contributed by atoms with Gasteiger partial charge in [0.05, 0.1) is 25.5 Å². The fourth-order valence-corrected chi connectivity index (χ4v) is 3.02. The van der Waals surface area contributed by atoms with Crippen LogP contribution in [0.3, 0.4) is 0 Å². The molecule has 1 fully saturated rings. The lowest BCUT2D eigenvalue weighted by Gasteiger charge is -2.13. The number of rotatable bonds is 8. The van der Waals surface area contributed by atoms with E-state index in [2.05, 4.69) is 4.98 Å². The van der Waals surface area contributed by atoms with E-state index in [1.54, 1.807) is 0 Å². The summed E-state index contributed by atoms with van der Waals surface area (Å²) < 4.78 is 49.0. The second kappa shape index (κ2) is 9.29. The molecule has 1 heterocycles. The summed E-state index contributed by atoms with van der Waals surface area (Å²) in [6.45, 7) is 1.84. The third-order valence-electron chi connectivity index (χ3n) is 4.39. The summed E-state index contributed by atoms with van der Waals surface area (Å²) in [5, 5.41) is 10.6. The number of halogens is 3. The average Bonchev–Trinajstić information content (AvgIpc) is 2.91. The van der Waals surface area contributed by atoms with Gasteiger partial charge in [-0.25, -0.2) is 4.98 Å². The van der Waals surface area contributed by atoms with Crippen LogP contribution in [0.25, 0.3) is 5.76 Å². The number of aromatic nitrogens is 1. The summed E-state index contributed by atoms with van der Waals surface area (Å²) >= 11 is 0. The van der Waals surface area contributed by atoms with E-state index in [-0.39, 0.29) is 43.1 Å². The number of aliphatic hydroxyl groups excluding tert-OH is 1. The predicted octanol–water partition coefficient (Wildman–Crippen LogP) is 3.49. The van der Waals surface area contributed by atoms with Gasteiger partial charge in [-0.2, -0.15) is 13.2 Å². The van der Waals surface area contributed by atoms with Crippen molar-refractivity contribution in [1.29, 1.82) is 0 Å². The number of alkyl halides is 3. The summed E-state index contributed by atoms with van der Waals surface area (Å²) in [5.41, 5.74) is -1.87. The highest BCUT2D eigenvalue weighted by molar-refractivity contribution is 6.29. The van der Waals surface area contributed by atoms with Crippen molar-refractivity contribution in [2.75, 3.05) is 20.3 Å². The molecule has 154 valence electrons.